The average molecular weight is 566 g/mol. The minimum atomic E-state index is 0.491. The molecule has 0 amide bonds. The highest BCUT2D eigenvalue weighted by Crippen LogP contribution is 2.43. The van der Waals surface area contributed by atoms with Crippen molar-refractivity contribution in [2.24, 2.45) is 0 Å². The maximum atomic E-state index is 9.56. The molecule has 198 valence electrons. The Morgan fingerprint density at radius 3 is 2.28 bits per heavy atom. The summed E-state index contributed by atoms with van der Waals surface area (Å²) >= 11 is 1.80. The van der Waals surface area contributed by atoms with E-state index in [1.807, 2.05) is 42.5 Å². The van der Waals surface area contributed by atoms with Crippen molar-refractivity contribution >= 4 is 80.9 Å². The van der Waals surface area contributed by atoms with Crippen LogP contribution in [0, 0.1) is 17.9 Å². The number of nitriles is 1. The molecule has 0 unspecified atom stereocenters. The van der Waals surface area contributed by atoms with Crippen molar-refractivity contribution in [3.8, 4) is 22.9 Å². The number of rotatable bonds is 2. The fourth-order valence-corrected chi connectivity index (χ4v) is 7.59. The third kappa shape index (κ3) is 3.35. The van der Waals surface area contributed by atoms with E-state index in [0.29, 0.717) is 16.8 Å². The van der Waals surface area contributed by atoms with E-state index >= 15 is 0 Å². The number of thiophene rings is 1. The van der Waals surface area contributed by atoms with Gasteiger partial charge in [0.2, 0.25) is 5.69 Å². The summed E-state index contributed by atoms with van der Waals surface area (Å²) in [6.45, 7) is 8.05. The quantitative estimate of drug-likeness (QED) is 0.196. The van der Waals surface area contributed by atoms with Crippen LogP contribution in [0.1, 0.15) is 5.56 Å². The highest BCUT2D eigenvalue weighted by molar-refractivity contribution is 7.25. The molecule has 0 fully saturated rings. The lowest BCUT2D eigenvalue weighted by Gasteiger charge is -2.08. The minimum absolute atomic E-state index is 0.491. The Hall–Kier alpha value is -5.88. The maximum Gasteiger partial charge on any atom is 0.230 e. The molecule has 0 saturated carbocycles. The standard InChI is InChI=1S/C38H19N3OS/c1-40-31-20-24(23-14-16-36-29(18-23)26-8-3-5-12-35(26)43-36)19-30-27-9-6-11-34(38(27)42-37(30)31)41-32-10-4-2-7-25(32)28-17-22(21-39)13-15-33(28)41/h2-20H. The number of fused-ring (bicyclic) bond motifs is 9. The number of benzene rings is 6. The van der Waals surface area contributed by atoms with Crippen molar-refractivity contribution < 1.29 is 4.42 Å². The van der Waals surface area contributed by atoms with Crippen LogP contribution in [0.25, 0.3) is 85.6 Å². The lowest BCUT2D eigenvalue weighted by molar-refractivity contribution is 0.668. The molecule has 0 N–H and O–H groups in total. The Morgan fingerprint density at radius 1 is 0.628 bits per heavy atom. The normalized spacial score (nSPS) is 11.7. The highest BCUT2D eigenvalue weighted by atomic mass is 32.1. The highest BCUT2D eigenvalue weighted by Gasteiger charge is 2.20. The molecule has 3 heterocycles. The molecule has 0 aliphatic heterocycles. The van der Waals surface area contributed by atoms with Crippen LogP contribution >= 0.6 is 11.3 Å². The molecule has 43 heavy (non-hydrogen) atoms. The molecule has 3 aromatic heterocycles. The molecule has 6 aromatic carbocycles. The van der Waals surface area contributed by atoms with Crippen LogP contribution in [0.2, 0.25) is 0 Å². The van der Waals surface area contributed by atoms with Gasteiger partial charge in [-0.1, -0.05) is 54.6 Å². The summed E-state index contributed by atoms with van der Waals surface area (Å²) in [4.78, 5) is 3.91. The predicted octanol–water partition coefficient (Wildman–Crippen LogP) is 11.1. The molecule has 9 aromatic rings. The molecule has 0 spiro atoms. The number of nitrogens with zero attached hydrogens (tertiary/aromatic N) is 3. The Morgan fingerprint density at radius 2 is 1.40 bits per heavy atom. The second-order valence-electron chi connectivity index (χ2n) is 10.7. The van der Waals surface area contributed by atoms with Crippen LogP contribution in [0.3, 0.4) is 0 Å². The van der Waals surface area contributed by atoms with Crippen LogP contribution in [-0.2, 0) is 0 Å². The summed E-state index contributed by atoms with van der Waals surface area (Å²) < 4.78 is 11.3. The zero-order valence-corrected chi connectivity index (χ0v) is 23.4. The van der Waals surface area contributed by atoms with E-state index in [4.69, 9.17) is 11.0 Å². The summed E-state index contributed by atoms with van der Waals surface area (Å²) in [6, 6.07) is 41.6. The first kappa shape index (κ1) is 23.8. The molecule has 4 nitrogen and oxygen atoms in total. The van der Waals surface area contributed by atoms with Gasteiger partial charge < -0.3 is 8.98 Å². The fourth-order valence-electron chi connectivity index (χ4n) is 6.50. The molecular weight excluding hydrogens is 547 g/mol. The molecule has 0 bridgehead atoms. The van der Waals surface area contributed by atoms with Gasteiger partial charge in [0.15, 0.2) is 5.58 Å². The zero-order chi connectivity index (χ0) is 28.7. The van der Waals surface area contributed by atoms with Gasteiger partial charge >= 0.3 is 0 Å². The van der Waals surface area contributed by atoms with Crippen LogP contribution in [0.15, 0.2) is 120 Å². The lowest BCUT2D eigenvalue weighted by atomic mass is 9.99. The van der Waals surface area contributed by atoms with Gasteiger partial charge in [-0.25, -0.2) is 4.85 Å². The van der Waals surface area contributed by atoms with E-state index < -0.39 is 0 Å². The molecule has 0 saturated heterocycles. The number of furan rings is 1. The Labute approximate surface area is 249 Å². The van der Waals surface area contributed by atoms with E-state index in [2.05, 4.69) is 88.3 Å². The summed E-state index contributed by atoms with van der Waals surface area (Å²) in [5.41, 5.74) is 7.42. The number of hydrogen-bond acceptors (Lipinski definition) is 3. The van der Waals surface area contributed by atoms with Crippen molar-refractivity contribution in [2.45, 2.75) is 0 Å². The van der Waals surface area contributed by atoms with Crippen molar-refractivity contribution in [2.75, 3.05) is 0 Å². The number of hydrogen-bond donors (Lipinski definition) is 0. The third-order valence-electron chi connectivity index (χ3n) is 8.43. The predicted molar refractivity (Wildman–Crippen MR) is 177 cm³/mol. The van der Waals surface area contributed by atoms with Crippen molar-refractivity contribution in [3.63, 3.8) is 0 Å². The third-order valence-corrected chi connectivity index (χ3v) is 9.58. The molecule has 0 aliphatic carbocycles. The van der Waals surface area contributed by atoms with Crippen molar-refractivity contribution in [1.29, 1.82) is 5.26 Å². The molecule has 5 heteroatoms. The second kappa shape index (κ2) is 8.81. The number of aromatic nitrogens is 1. The van der Waals surface area contributed by atoms with E-state index in [-0.39, 0.29) is 0 Å². The number of para-hydroxylation sites is 2. The van der Waals surface area contributed by atoms with Crippen LogP contribution < -0.4 is 0 Å². The van der Waals surface area contributed by atoms with E-state index in [0.717, 1.165) is 55.0 Å². The largest absolute Gasteiger partial charge is 0.465 e. The maximum absolute atomic E-state index is 9.56. The first-order valence-electron chi connectivity index (χ1n) is 13.9. The van der Waals surface area contributed by atoms with Gasteiger partial charge in [-0.05, 0) is 71.8 Å². The second-order valence-corrected chi connectivity index (χ2v) is 11.8. The van der Waals surface area contributed by atoms with Gasteiger partial charge in [-0.15, -0.1) is 11.3 Å². The summed E-state index contributed by atoms with van der Waals surface area (Å²) in [5.74, 6) is 0. The Kier molecular flexibility index (Phi) is 4.87. The molecule has 0 atom stereocenters. The molecule has 0 radical (unpaired) electrons. The SMILES string of the molecule is [C-]#[N+]c1cc(-c2ccc3sc4ccccc4c3c2)cc2c1oc1c(-n3c4ccccc4c4cc(C#N)ccc43)cccc12. The van der Waals surface area contributed by atoms with Crippen LogP contribution in [0.4, 0.5) is 5.69 Å². The molecule has 9 rings (SSSR count). The lowest BCUT2D eigenvalue weighted by Crippen LogP contribution is -1.94. The van der Waals surface area contributed by atoms with Crippen LogP contribution in [0.5, 0.6) is 0 Å². The summed E-state index contributed by atoms with van der Waals surface area (Å²) in [5, 5.41) is 16.0. The monoisotopic (exact) mass is 565 g/mol. The van der Waals surface area contributed by atoms with E-state index in [9.17, 15) is 5.26 Å². The first-order chi connectivity index (χ1) is 21.2. The van der Waals surface area contributed by atoms with Gasteiger partial charge in [-0.3, -0.25) is 0 Å². The van der Waals surface area contributed by atoms with E-state index in [1.165, 1.54) is 20.2 Å². The summed E-state index contributed by atoms with van der Waals surface area (Å²) in [7, 11) is 0. The van der Waals surface area contributed by atoms with Gasteiger partial charge in [0.1, 0.15) is 5.58 Å². The molecular formula is C38H19N3OS. The topological polar surface area (TPSA) is 46.2 Å². The van der Waals surface area contributed by atoms with Crippen LogP contribution in [-0.4, -0.2) is 4.57 Å². The zero-order valence-electron chi connectivity index (χ0n) is 22.6. The first-order valence-corrected chi connectivity index (χ1v) is 14.8. The fraction of sp³-hybridized carbons (Fsp3) is 0. The average Bonchev–Trinajstić information content (AvgIpc) is 3.73. The van der Waals surface area contributed by atoms with Gasteiger partial charge in [-0.2, -0.15) is 5.26 Å². The van der Waals surface area contributed by atoms with Gasteiger partial charge in [0.05, 0.1) is 34.9 Å². The van der Waals surface area contributed by atoms with Crippen molar-refractivity contribution in [3.05, 3.63) is 132 Å². The smallest absolute Gasteiger partial charge is 0.230 e. The van der Waals surface area contributed by atoms with Crippen molar-refractivity contribution in [1.82, 2.24) is 4.57 Å². The van der Waals surface area contributed by atoms with Gasteiger partial charge in [0, 0.05) is 41.7 Å². The Bertz CT molecular complexity index is 2710. The Balaban J connectivity index is 1.31. The minimum Gasteiger partial charge on any atom is -0.465 e. The summed E-state index contributed by atoms with van der Waals surface area (Å²) in [6.07, 6.45) is 0. The molecule has 0 aliphatic rings. The van der Waals surface area contributed by atoms with Gasteiger partial charge in [0.25, 0.3) is 0 Å². The van der Waals surface area contributed by atoms with E-state index in [1.54, 1.807) is 11.3 Å².